The average molecular weight is 265 g/mol. The minimum atomic E-state index is -0.477. The SMILES string of the molecule is CCCCN1CCc2cc(C(=O)OC)cc(F)c2C1. The smallest absolute Gasteiger partial charge is 0.337 e. The number of fused-ring (bicyclic) bond motifs is 1. The summed E-state index contributed by atoms with van der Waals surface area (Å²) in [6.45, 7) is 4.73. The molecule has 1 aromatic rings. The number of hydrogen-bond acceptors (Lipinski definition) is 3. The van der Waals surface area contributed by atoms with E-state index in [1.165, 1.54) is 13.2 Å². The molecule has 2 rings (SSSR count). The van der Waals surface area contributed by atoms with Crippen LogP contribution < -0.4 is 0 Å². The number of esters is 1. The van der Waals surface area contributed by atoms with Gasteiger partial charge in [0.15, 0.2) is 0 Å². The number of nitrogens with zero attached hydrogens (tertiary/aromatic N) is 1. The van der Waals surface area contributed by atoms with E-state index >= 15 is 0 Å². The van der Waals surface area contributed by atoms with Gasteiger partial charge in [0.2, 0.25) is 0 Å². The van der Waals surface area contributed by atoms with E-state index in [4.69, 9.17) is 0 Å². The van der Waals surface area contributed by atoms with Crippen LogP contribution in [0.5, 0.6) is 0 Å². The molecule has 0 unspecified atom stereocenters. The summed E-state index contributed by atoms with van der Waals surface area (Å²) in [4.78, 5) is 13.7. The van der Waals surface area contributed by atoms with Crippen molar-refractivity contribution in [3.8, 4) is 0 Å². The predicted molar refractivity (Wildman–Crippen MR) is 71.6 cm³/mol. The standard InChI is InChI=1S/C15H20FNO2/c1-3-4-6-17-7-5-11-8-12(15(18)19-2)9-14(16)13(11)10-17/h8-9H,3-7,10H2,1-2H3. The number of benzene rings is 1. The average Bonchev–Trinajstić information content (AvgIpc) is 2.44. The number of hydrogen-bond donors (Lipinski definition) is 0. The van der Waals surface area contributed by atoms with Gasteiger partial charge in [-0.2, -0.15) is 0 Å². The molecule has 0 radical (unpaired) electrons. The second-order valence-corrected chi connectivity index (χ2v) is 4.97. The van der Waals surface area contributed by atoms with Crippen molar-refractivity contribution >= 4 is 5.97 Å². The zero-order valence-corrected chi connectivity index (χ0v) is 11.5. The number of rotatable bonds is 4. The molecule has 0 spiro atoms. The van der Waals surface area contributed by atoms with Crippen LogP contribution in [0.25, 0.3) is 0 Å². The molecule has 0 N–H and O–H groups in total. The van der Waals surface area contributed by atoms with Gasteiger partial charge in [0.25, 0.3) is 0 Å². The van der Waals surface area contributed by atoms with Gasteiger partial charge >= 0.3 is 5.97 Å². The first kappa shape index (κ1) is 14.0. The van der Waals surface area contributed by atoms with Gasteiger partial charge in [-0.3, -0.25) is 4.90 Å². The van der Waals surface area contributed by atoms with Gasteiger partial charge in [0, 0.05) is 18.7 Å². The molecule has 0 aromatic heterocycles. The first-order valence-corrected chi connectivity index (χ1v) is 6.77. The molecule has 104 valence electrons. The van der Waals surface area contributed by atoms with Gasteiger partial charge < -0.3 is 4.74 Å². The zero-order chi connectivity index (χ0) is 13.8. The van der Waals surface area contributed by atoms with Crippen LogP contribution in [0.2, 0.25) is 0 Å². The van der Waals surface area contributed by atoms with Crippen molar-refractivity contribution in [2.45, 2.75) is 32.7 Å². The van der Waals surface area contributed by atoms with Gasteiger partial charge in [-0.25, -0.2) is 9.18 Å². The maximum absolute atomic E-state index is 14.1. The van der Waals surface area contributed by atoms with Crippen molar-refractivity contribution in [3.63, 3.8) is 0 Å². The summed E-state index contributed by atoms with van der Waals surface area (Å²) in [6.07, 6.45) is 3.07. The maximum atomic E-state index is 14.1. The molecule has 1 aliphatic heterocycles. The van der Waals surface area contributed by atoms with E-state index in [1.54, 1.807) is 6.07 Å². The summed E-state index contributed by atoms with van der Waals surface area (Å²) < 4.78 is 18.7. The molecule has 0 aliphatic carbocycles. The fourth-order valence-electron chi connectivity index (χ4n) is 2.48. The first-order chi connectivity index (χ1) is 9.15. The monoisotopic (exact) mass is 265 g/mol. The highest BCUT2D eigenvalue weighted by molar-refractivity contribution is 5.89. The van der Waals surface area contributed by atoms with Crippen LogP contribution in [0.1, 0.15) is 41.3 Å². The van der Waals surface area contributed by atoms with Gasteiger partial charge in [-0.15, -0.1) is 0 Å². The summed E-state index contributed by atoms with van der Waals surface area (Å²) >= 11 is 0. The Hall–Kier alpha value is -1.42. The number of carbonyl (C=O) groups is 1. The van der Waals surface area contributed by atoms with E-state index in [9.17, 15) is 9.18 Å². The van der Waals surface area contributed by atoms with Crippen LogP contribution in [0.3, 0.4) is 0 Å². The summed E-state index contributed by atoms with van der Waals surface area (Å²) in [5.41, 5.74) is 1.98. The van der Waals surface area contributed by atoms with Crippen molar-refractivity contribution < 1.29 is 13.9 Å². The van der Waals surface area contributed by atoms with Gasteiger partial charge in [-0.05, 0) is 37.1 Å². The summed E-state index contributed by atoms with van der Waals surface area (Å²) in [6, 6.07) is 3.05. The molecular formula is C15H20FNO2. The normalized spacial score (nSPS) is 15.1. The maximum Gasteiger partial charge on any atom is 0.337 e. The van der Waals surface area contributed by atoms with Crippen LogP contribution >= 0.6 is 0 Å². The van der Waals surface area contributed by atoms with Crippen molar-refractivity contribution in [3.05, 3.63) is 34.6 Å². The summed E-state index contributed by atoms with van der Waals surface area (Å²) in [7, 11) is 1.31. The number of carbonyl (C=O) groups excluding carboxylic acids is 1. The highest BCUT2D eigenvalue weighted by atomic mass is 19.1. The number of methoxy groups -OCH3 is 1. The Labute approximate surface area is 113 Å². The first-order valence-electron chi connectivity index (χ1n) is 6.77. The number of halogens is 1. The van der Waals surface area contributed by atoms with Crippen LogP contribution in [-0.2, 0) is 17.7 Å². The highest BCUT2D eigenvalue weighted by Crippen LogP contribution is 2.24. The van der Waals surface area contributed by atoms with E-state index < -0.39 is 5.97 Å². The second-order valence-electron chi connectivity index (χ2n) is 4.97. The molecule has 0 saturated heterocycles. The fourth-order valence-corrected chi connectivity index (χ4v) is 2.48. The molecule has 1 aromatic carbocycles. The van der Waals surface area contributed by atoms with E-state index in [2.05, 4.69) is 16.6 Å². The Kier molecular flexibility index (Phi) is 4.53. The van der Waals surface area contributed by atoms with E-state index in [-0.39, 0.29) is 5.82 Å². The molecule has 0 atom stereocenters. The largest absolute Gasteiger partial charge is 0.465 e. The topological polar surface area (TPSA) is 29.5 Å². The summed E-state index contributed by atoms with van der Waals surface area (Å²) in [5, 5.41) is 0. The predicted octanol–water partition coefficient (Wildman–Crippen LogP) is 2.77. The van der Waals surface area contributed by atoms with E-state index in [0.29, 0.717) is 12.1 Å². The Bertz CT molecular complexity index is 473. The van der Waals surface area contributed by atoms with Gasteiger partial charge in [0.05, 0.1) is 12.7 Å². The molecular weight excluding hydrogens is 245 g/mol. The highest BCUT2D eigenvalue weighted by Gasteiger charge is 2.21. The third-order valence-corrected chi connectivity index (χ3v) is 3.62. The zero-order valence-electron chi connectivity index (χ0n) is 11.5. The lowest BCUT2D eigenvalue weighted by Gasteiger charge is -2.29. The quantitative estimate of drug-likeness (QED) is 0.784. The molecule has 4 heteroatoms. The Morgan fingerprint density at radius 2 is 2.26 bits per heavy atom. The lowest BCUT2D eigenvalue weighted by atomic mass is 9.96. The number of unbranched alkanes of at least 4 members (excludes halogenated alkanes) is 1. The Morgan fingerprint density at radius 1 is 1.47 bits per heavy atom. The fraction of sp³-hybridized carbons (Fsp3) is 0.533. The van der Waals surface area contributed by atoms with Gasteiger partial charge in [-0.1, -0.05) is 13.3 Å². The molecule has 0 amide bonds. The molecule has 0 saturated carbocycles. The van der Waals surface area contributed by atoms with Crippen LogP contribution in [0.15, 0.2) is 12.1 Å². The summed E-state index contributed by atoms with van der Waals surface area (Å²) in [5.74, 6) is -0.769. The van der Waals surface area contributed by atoms with E-state index in [1.807, 2.05) is 0 Å². The third kappa shape index (κ3) is 3.13. The van der Waals surface area contributed by atoms with Crippen molar-refractivity contribution in [2.75, 3.05) is 20.2 Å². The van der Waals surface area contributed by atoms with Crippen LogP contribution in [-0.4, -0.2) is 31.1 Å². The lowest BCUT2D eigenvalue weighted by molar-refractivity contribution is 0.0600. The Balaban J connectivity index is 2.19. The van der Waals surface area contributed by atoms with Gasteiger partial charge in [0.1, 0.15) is 5.82 Å². The molecule has 1 aliphatic rings. The van der Waals surface area contributed by atoms with Crippen LogP contribution in [0.4, 0.5) is 4.39 Å². The van der Waals surface area contributed by atoms with Crippen molar-refractivity contribution in [1.29, 1.82) is 0 Å². The molecule has 3 nitrogen and oxygen atoms in total. The minimum absolute atomic E-state index is 0.293. The molecule has 0 bridgehead atoms. The Morgan fingerprint density at radius 3 is 2.95 bits per heavy atom. The third-order valence-electron chi connectivity index (χ3n) is 3.62. The van der Waals surface area contributed by atoms with Crippen LogP contribution in [0, 0.1) is 5.82 Å². The molecule has 0 fully saturated rings. The lowest BCUT2D eigenvalue weighted by Crippen LogP contribution is -2.32. The van der Waals surface area contributed by atoms with E-state index in [0.717, 1.165) is 43.5 Å². The molecule has 1 heterocycles. The van der Waals surface area contributed by atoms with Crippen molar-refractivity contribution in [2.24, 2.45) is 0 Å². The minimum Gasteiger partial charge on any atom is -0.465 e. The molecule has 19 heavy (non-hydrogen) atoms. The second kappa shape index (κ2) is 6.15. The van der Waals surface area contributed by atoms with Crippen molar-refractivity contribution in [1.82, 2.24) is 4.90 Å². The number of ether oxygens (including phenoxy) is 1.